The van der Waals surface area contributed by atoms with E-state index in [0.717, 1.165) is 54.7 Å². The summed E-state index contributed by atoms with van der Waals surface area (Å²) in [6, 6.07) is 8.03. The van der Waals surface area contributed by atoms with Crippen molar-refractivity contribution in [2.24, 2.45) is 11.3 Å². The lowest BCUT2D eigenvalue weighted by Crippen LogP contribution is -2.51. The number of nitrogens with one attached hydrogen (secondary N) is 1. The van der Waals surface area contributed by atoms with Gasteiger partial charge in [0.15, 0.2) is 0 Å². The van der Waals surface area contributed by atoms with Crippen LogP contribution in [0.25, 0.3) is 10.9 Å². The minimum atomic E-state index is -0.345. The molecule has 1 aromatic carbocycles. The molecule has 5 heteroatoms. The van der Waals surface area contributed by atoms with Gasteiger partial charge in [0.2, 0.25) is 5.91 Å². The van der Waals surface area contributed by atoms with Crippen LogP contribution in [0.5, 0.6) is 0 Å². The van der Waals surface area contributed by atoms with Gasteiger partial charge in [-0.25, -0.2) is 0 Å². The number of likely N-dealkylation sites (tertiary alicyclic amines) is 2. The Morgan fingerprint density at radius 3 is 2.81 bits per heavy atom. The molecule has 27 heavy (non-hydrogen) atoms. The van der Waals surface area contributed by atoms with Gasteiger partial charge in [-0.05, 0) is 56.6 Å². The molecule has 1 aromatic heterocycles. The molecule has 1 atom stereocenters. The van der Waals surface area contributed by atoms with Crippen LogP contribution in [0.2, 0.25) is 0 Å². The van der Waals surface area contributed by atoms with Gasteiger partial charge in [0.25, 0.3) is 5.91 Å². The number of H-pyrrole nitrogens is 1. The first-order valence-electron chi connectivity index (χ1n) is 10.2. The second kappa shape index (κ2) is 6.11. The Bertz CT molecular complexity index is 913. The molecule has 0 bridgehead atoms. The number of aromatic amines is 1. The molecular formula is C22H27N3O2. The molecule has 3 heterocycles. The molecule has 0 radical (unpaired) electrons. The molecule has 2 aromatic rings. The van der Waals surface area contributed by atoms with Crippen molar-refractivity contribution >= 4 is 22.7 Å². The molecule has 1 N–H and O–H groups in total. The van der Waals surface area contributed by atoms with Crippen molar-refractivity contribution in [3.05, 3.63) is 35.5 Å². The van der Waals surface area contributed by atoms with E-state index in [0.29, 0.717) is 24.7 Å². The Hall–Kier alpha value is -2.30. The second-order valence-electron chi connectivity index (χ2n) is 8.73. The van der Waals surface area contributed by atoms with Crippen LogP contribution < -0.4 is 0 Å². The first kappa shape index (κ1) is 16.8. The van der Waals surface area contributed by atoms with Crippen LogP contribution in [0.15, 0.2) is 24.3 Å². The summed E-state index contributed by atoms with van der Waals surface area (Å²) < 4.78 is 0. The number of carbonyl (C=O) groups excluding carboxylic acids is 2. The number of hydrogen-bond acceptors (Lipinski definition) is 2. The van der Waals surface area contributed by atoms with Gasteiger partial charge in [0, 0.05) is 37.1 Å². The number of fused-ring (bicyclic) bond motifs is 1. The van der Waals surface area contributed by atoms with Gasteiger partial charge in [-0.3, -0.25) is 9.59 Å². The van der Waals surface area contributed by atoms with Crippen molar-refractivity contribution < 1.29 is 9.59 Å². The Labute approximate surface area is 159 Å². The number of aromatic nitrogens is 1. The van der Waals surface area contributed by atoms with E-state index in [-0.39, 0.29) is 11.3 Å². The average Bonchev–Trinajstić information content (AvgIpc) is 3.29. The number of nitrogens with zero attached hydrogens (tertiary/aromatic N) is 2. The van der Waals surface area contributed by atoms with Gasteiger partial charge >= 0.3 is 0 Å². The van der Waals surface area contributed by atoms with Gasteiger partial charge in [0.05, 0.1) is 5.41 Å². The van der Waals surface area contributed by atoms with Crippen molar-refractivity contribution in [3.63, 3.8) is 0 Å². The smallest absolute Gasteiger partial charge is 0.270 e. The summed E-state index contributed by atoms with van der Waals surface area (Å²) in [5, 5.41) is 1.10. The third-order valence-electron chi connectivity index (χ3n) is 6.82. The fourth-order valence-electron chi connectivity index (χ4n) is 5.02. The van der Waals surface area contributed by atoms with Crippen molar-refractivity contribution in [2.45, 2.75) is 39.0 Å². The highest BCUT2D eigenvalue weighted by Crippen LogP contribution is 2.42. The molecule has 5 rings (SSSR count). The van der Waals surface area contributed by atoms with E-state index in [4.69, 9.17) is 0 Å². The van der Waals surface area contributed by atoms with Crippen LogP contribution in [-0.2, 0) is 4.79 Å². The maximum Gasteiger partial charge on any atom is 0.270 e. The van der Waals surface area contributed by atoms with Crippen LogP contribution in [-0.4, -0.2) is 52.8 Å². The molecule has 3 fully saturated rings. The summed E-state index contributed by atoms with van der Waals surface area (Å²) in [6.07, 6.45) is 5.31. The van der Waals surface area contributed by atoms with Gasteiger partial charge in [-0.15, -0.1) is 0 Å². The van der Waals surface area contributed by atoms with E-state index < -0.39 is 0 Å². The number of carbonyl (C=O) groups is 2. The molecule has 1 spiro atoms. The number of aryl methyl sites for hydroxylation is 1. The topological polar surface area (TPSA) is 56.4 Å². The van der Waals surface area contributed by atoms with Crippen LogP contribution in [0.1, 0.15) is 48.2 Å². The number of hydrogen-bond donors (Lipinski definition) is 1. The zero-order valence-electron chi connectivity index (χ0n) is 16.0. The van der Waals surface area contributed by atoms with Crippen molar-refractivity contribution in [1.82, 2.24) is 14.8 Å². The van der Waals surface area contributed by atoms with E-state index >= 15 is 0 Å². The van der Waals surface area contributed by atoms with E-state index in [1.54, 1.807) is 0 Å². The van der Waals surface area contributed by atoms with Crippen molar-refractivity contribution in [3.8, 4) is 0 Å². The monoisotopic (exact) mass is 365 g/mol. The Balaban J connectivity index is 1.37. The third-order valence-corrected chi connectivity index (χ3v) is 6.82. The van der Waals surface area contributed by atoms with Crippen LogP contribution in [0, 0.1) is 18.3 Å². The standard InChI is InChI=1S/C22H27N3O2/c1-15-17-5-2-3-6-18(17)23-19(15)20(26)25-12-10-22(14-25)9-4-11-24(21(22)27)13-16-7-8-16/h2-3,5-6,16,23H,4,7-14H2,1H3/t22-/m1/s1. The summed E-state index contributed by atoms with van der Waals surface area (Å²) in [5.74, 6) is 1.05. The molecule has 0 unspecified atom stereocenters. The summed E-state index contributed by atoms with van der Waals surface area (Å²) >= 11 is 0. The molecule has 1 aliphatic carbocycles. The predicted molar refractivity (Wildman–Crippen MR) is 105 cm³/mol. The number of para-hydroxylation sites is 1. The maximum absolute atomic E-state index is 13.2. The van der Waals surface area contributed by atoms with Gasteiger partial charge in [0.1, 0.15) is 5.69 Å². The third kappa shape index (κ3) is 2.75. The first-order valence-corrected chi connectivity index (χ1v) is 10.2. The average molecular weight is 365 g/mol. The number of amides is 2. The summed E-state index contributed by atoms with van der Waals surface area (Å²) in [4.78, 5) is 33.7. The zero-order chi connectivity index (χ0) is 18.6. The zero-order valence-corrected chi connectivity index (χ0v) is 16.0. The molecule has 142 valence electrons. The van der Waals surface area contributed by atoms with E-state index in [9.17, 15) is 9.59 Å². The summed E-state index contributed by atoms with van der Waals surface area (Å²) in [5.41, 5.74) is 2.33. The fraction of sp³-hybridized carbons (Fsp3) is 0.545. The first-order chi connectivity index (χ1) is 13.1. The van der Waals surface area contributed by atoms with Crippen LogP contribution in [0.3, 0.4) is 0 Å². The lowest BCUT2D eigenvalue weighted by atomic mass is 9.78. The Morgan fingerprint density at radius 1 is 1.22 bits per heavy atom. The summed E-state index contributed by atoms with van der Waals surface area (Å²) in [6.45, 7) is 5.07. The maximum atomic E-state index is 13.2. The normalized spacial score (nSPS) is 25.7. The quantitative estimate of drug-likeness (QED) is 0.907. The van der Waals surface area contributed by atoms with Crippen molar-refractivity contribution in [1.29, 1.82) is 0 Å². The predicted octanol–water partition coefficient (Wildman–Crippen LogP) is 3.34. The molecule has 1 saturated carbocycles. The highest BCUT2D eigenvalue weighted by atomic mass is 16.2. The van der Waals surface area contributed by atoms with Gasteiger partial charge < -0.3 is 14.8 Å². The molecule has 5 nitrogen and oxygen atoms in total. The lowest BCUT2D eigenvalue weighted by molar-refractivity contribution is -0.145. The van der Waals surface area contributed by atoms with E-state index in [1.807, 2.05) is 36.1 Å². The number of rotatable bonds is 3. The van der Waals surface area contributed by atoms with Gasteiger partial charge in [-0.1, -0.05) is 18.2 Å². The SMILES string of the molecule is Cc1c(C(=O)N2CC[C@]3(CCCN(CC4CC4)C3=O)C2)[nH]c2ccccc12. The Morgan fingerprint density at radius 2 is 2.04 bits per heavy atom. The molecule has 2 saturated heterocycles. The second-order valence-corrected chi connectivity index (χ2v) is 8.73. The largest absolute Gasteiger partial charge is 0.350 e. The van der Waals surface area contributed by atoms with Gasteiger partial charge in [-0.2, -0.15) is 0 Å². The molecule has 3 aliphatic rings. The highest BCUT2D eigenvalue weighted by molar-refractivity contribution is 6.01. The van der Waals surface area contributed by atoms with Crippen LogP contribution in [0.4, 0.5) is 0 Å². The van der Waals surface area contributed by atoms with E-state index in [2.05, 4.69) is 9.88 Å². The van der Waals surface area contributed by atoms with Crippen molar-refractivity contribution in [2.75, 3.05) is 26.2 Å². The minimum absolute atomic E-state index is 0.0349. The molecule has 2 aliphatic heterocycles. The minimum Gasteiger partial charge on any atom is -0.350 e. The number of piperidine rings is 1. The lowest BCUT2D eigenvalue weighted by Gasteiger charge is -2.39. The van der Waals surface area contributed by atoms with E-state index in [1.165, 1.54) is 12.8 Å². The molecule has 2 amide bonds. The molecular weight excluding hydrogens is 338 g/mol. The highest BCUT2D eigenvalue weighted by Gasteiger charge is 2.50. The Kier molecular flexibility index (Phi) is 3.81. The van der Waals surface area contributed by atoms with Crippen LogP contribution >= 0.6 is 0 Å². The summed E-state index contributed by atoms with van der Waals surface area (Å²) in [7, 11) is 0. The number of benzene rings is 1. The fourth-order valence-corrected chi connectivity index (χ4v) is 5.02.